The first-order chi connectivity index (χ1) is 10.0. The molecular formula is C14H13ClN4OS. The number of hydrogen-bond donors (Lipinski definition) is 1. The quantitative estimate of drug-likeness (QED) is 0.804. The summed E-state index contributed by atoms with van der Waals surface area (Å²) in [6.07, 6.45) is 1.53. The maximum Gasteiger partial charge on any atom is 0.247 e. The van der Waals surface area contributed by atoms with Crippen LogP contribution in [0.1, 0.15) is 11.3 Å². The summed E-state index contributed by atoms with van der Waals surface area (Å²) in [4.78, 5) is 16.4. The number of halogens is 1. The van der Waals surface area contributed by atoms with Crippen LogP contribution in [0.15, 0.2) is 24.4 Å². The molecule has 0 saturated heterocycles. The highest BCUT2D eigenvalue weighted by Crippen LogP contribution is 2.26. The number of aryl methyl sites for hydroxylation is 1. The standard InChI is InChI=1S/C14H13ClN4OS/c1-8-3-4-11-12(5-8)21-14(17-11)18-13(20)7-19-9(2)10(15)6-16-19/h3-6H,7H2,1-2H3,(H,17,18,20). The Labute approximate surface area is 130 Å². The van der Waals surface area contributed by atoms with Crippen LogP contribution in [0.25, 0.3) is 10.2 Å². The van der Waals surface area contributed by atoms with Crippen LogP contribution in [-0.4, -0.2) is 20.7 Å². The Bertz CT molecular complexity index is 824. The fourth-order valence-corrected chi connectivity index (χ4v) is 3.08. The minimum atomic E-state index is -0.173. The van der Waals surface area contributed by atoms with Crippen LogP contribution >= 0.6 is 22.9 Å². The van der Waals surface area contributed by atoms with Gasteiger partial charge in [-0.3, -0.25) is 9.48 Å². The second kappa shape index (κ2) is 5.46. The molecule has 3 aromatic rings. The molecule has 1 aromatic carbocycles. The maximum absolute atomic E-state index is 12.0. The molecule has 0 aliphatic carbocycles. The lowest BCUT2D eigenvalue weighted by molar-refractivity contribution is -0.116. The van der Waals surface area contributed by atoms with Gasteiger partial charge in [0, 0.05) is 0 Å². The number of carbonyl (C=O) groups excluding carboxylic acids is 1. The predicted octanol–water partition coefficient (Wildman–Crippen LogP) is 3.40. The van der Waals surface area contributed by atoms with Crippen molar-refractivity contribution in [2.24, 2.45) is 0 Å². The van der Waals surface area contributed by atoms with Gasteiger partial charge in [-0.05, 0) is 31.5 Å². The van der Waals surface area contributed by atoms with Crippen molar-refractivity contribution in [1.29, 1.82) is 0 Å². The van der Waals surface area contributed by atoms with Crippen molar-refractivity contribution in [3.05, 3.63) is 40.7 Å². The molecule has 0 saturated carbocycles. The number of benzene rings is 1. The molecule has 3 rings (SSSR count). The summed E-state index contributed by atoms with van der Waals surface area (Å²) < 4.78 is 2.62. The number of hydrogen-bond acceptors (Lipinski definition) is 4. The monoisotopic (exact) mass is 320 g/mol. The average molecular weight is 321 g/mol. The molecule has 1 N–H and O–H groups in total. The third kappa shape index (κ3) is 2.91. The normalized spacial score (nSPS) is 11.0. The highest BCUT2D eigenvalue weighted by atomic mass is 35.5. The van der Waals surface area contributed by atoms with Crippen molar-refractivity contribution in [3.8, 4) is 0 Å². The van der Waals surface area contributed by atoms with E-state index in [9.17, 15) is 4.79 Å². The zero-order valence-corrected chi connectivity index (χ0v) is 13.1. The minimum absolute atomic E-state index is 0.119. The Hall–Kier alpha value is -1.92. The van der Waals surface area contributed by atoms with E-state index in [2.05, 4.69) is 21.5 Å². The van der Waals surface area contributed by atoms with E-state index in [4.69, 9.17) is 11.6 Å². The van der Waals surface area contributed by atoms with Crippen LogP contribution in [0.2, 0.25) is 5.02 Å². The Morgan fingerprint density at radius 3 is 2.95 bits per heavy atom. The minimum Gasteiger partial charge on any atom is -0.300 e. The Morgan fingerprint density at radius 2 is 2.24 bits per heavy atom. The molecule has 0 atom stereocenters. The zero-order chi connectivity index (χ0) is 15.0. The Morgan fingerprint density at radius 1 is 1.43 bits per heavy atom. The molecule has 2 aromatic heterocycles. The topological polar surface area (TPSA) is 59.8 Å². The third-order valence-electron chi connectivity index (χ3n) is 3.13. The molecule has 0 aliphatic rings. The highest BCUT2D eigenvalue weighted by Gasteiger charge is 2.11. The molecule has 0 aliphatic heterocycles. The molecule has 0 fully saturated rings. The number of rotatable bonds is 3. The number of thiazole rings is 1. The van der Waals surface area contributed by atoms with E-state index in [0.29, 0.717) is 10.2 Å². The zero-order valence-electron chi connectivity index (χ0n) is 11.6. The number of fused-ring (bicyclic) bond motifs is 1. The second-order valence-electron chi connectivity index (χ2n) is 4.77. The molecule has 0 bridgehead atoms. The van der Waals surface area contributed by atoms with Crippen LogP contribution in [0.4, 0.5) is 5.13 Å². The van der Waals surface area contributed by atoms with E-state index in [1.165, 1.54) is 23.1 Å². The fourth-order valence-electron chi connectivity index (χ4n) is 1.96. The second-order valence-corrected chi connectivity index (χ2v) is 6.21. The largest absolute Gasteiger partial charge is 0.300 e. The van der Waals surface area contributed by atoms with Crippen molar-refractivity contribution in [2.45, 2.75) is 20.4 Å². The lowest BCUT2D eigenvalue weighted by Gasteiger charge is -2.04. The number of carbonyl (C=O) groups is 1. The van der Waals surface area contributed by atoms with Gasteiger partial charge < -0.3 is 5.32 Å². The van der Waals surface area contributed by atoms with Crippen LogP contribution in [-0.2, 0) is 11.3 Å². The summed E-state index contributed by atoms with van der Waals surface area (Å²) in [5.41, 5.74) is 2.83. The Kier molecular flexibility index (Phi) is 3.65. The molecule has 7 heteroatoms. The van der Waals surface area contributed by atoms with Crippen molar-refractivity contribution >= 4 is 44.2 Å². The molecule has 0 spiro atoms. The molecule has 2 heterocycles. The number of anilines is 1. The summed E-state index contributed by atoms with van der Waals surface area (Å²) >= 11 is 7.38. The van der Waals surface area contributed by atoms with E-state index < -0.39 is 0 Å². The molecular weight excluding hydrogens is 308 g/mol. The summed E-state index contributed by atoms with van der Waals surface area (Å²) in [5.74, 6) is -0.173. The summed E-state index contributed by atoms with van der Waals surface area (Å²) in [6, 6.07) is 6.01. The number of amides is 1. The number of nitrogens with one attached hydrogen (secondary N) is 1. The summed E-state index contributed by atoms with van der Waals surface area (Å²) in [5, 5.41) is 8.01. The van der Waals surface area contributed by atoms with Gasteiger partial charge in [0.2, 0.25) is 5.91 Å². The van der Waals surface area contributed by atoms with Gasteiger partial charge in [-0.25, -0.2) is 4.98 Å². The fraction of sp³-hybridized carbons (Fsp3) is 0.214. The van der Waals surface area contributed by atoms with Gasteiger partial charge >= 0.3 is 0 Å². The van der Waals surface area contributed by atoms with Crippen molar-refractivity contribution in [1.82, 2.24) is 14.8 Å². The van der Waals surface area contributed by atoms with E-state index in [0.717, 1.165) is 15.9 Å². The third-order valence-corrected chi connectivity index (χ3v) is 4.43. The van der Waals surface area contributed by atoms with Crippen molar-refractivity contribution in [3.63, 3.8) is 0 Å². The van der Waals surface area contributed by atoms with Crippen LogP contribution < -0.4 is 5.32 Å². The van der Waals surface area contributed by atoms with E-state index in [1.807, 2.05) is 26.0 Å². The SMILES string of the molecule is Cc1ccc2nc(NC(=O)Cn3ncc(Cl)c3C)sc2c1. The maximum atomic E-state index is 12.0. The van der Waals surface area contributed by atoms with Crippen molar-refractivity contribution in [2.75, 3.05) is 5.32 Å². The lowest BCUT2D eigenvalue weighted by atomic mass is 10.2. The van der Waals surface area contributed by atoms with Gasteiger partial charge in [0.05, 0.1) is 27.1 Å². The van der Waals surface area contributed by atoms with E-state index in [-0.39, 0.29) is 12.5 Å². The van der Waals surface area contributed by atoms with Gasteiger partial charge in [-0.2, -0.15) is 5.10 Å². The number of nitrogens with zero attached hydrogens (tertiary/aromatic N) is 3. The van der Waals surface area contributed by atoms with Gasteiger partial charge in [-0.1, -0.05) is 29.0 Å². The summed E-state index contributed by atoms with van der Waals surface area (Å²) in [7, 11) is 0. The first kappa shape index (κ1) is 14.0. The Balaban J connectivity index is 1.75. The molecule has 0 unspecified atom stereocenters. The molecule has 5 nitrogen and oxygen atoms in total. The summed E-state index contributed by atoms with van der Waals surface area (Å²) in [6.45, 7) is 3.97. The van der Waals surface area contributed by atoms with Gasteiger partial charge in [-0.15, -0.1) is 0 Å². The number of aromatic nitrogens is 3. The first-order valence-electron chi connectivity index (χ1n) is 6.38. The van der Waals surface area contributed by atoms with E-state index in [1.54, 1.807) is 4.68 Å². The van der Waals surface area contributed by atoms with Crippen LogP contribution in [0.5, 0.6) is 0 Å². The first-order valence-corrected chi connectivity index (χ1v) is 7.57. The molecule has 1 amide bonds. The smallest absolute Gasteiger partial charge is 0.247 e. The van der Waals surface area contributed by atoms with Crippen LogP contribution in [0, 0.1) is 13.8 Å². The molecule has 0 radical (unpaired) electrons. The van der Waals surface area contributed by atoms with Gasteiger partial charge in [0.15, 0.2) is 5.13 Å². The average Bonchev–Trinajstić information content (AvgIpc) is 2.95. The van der Waals surface area contributed by atoms with Crippen LogP contribution in [0.3, 0.4) is 0 Å². The van der Waals surface area contributed by atoms with E-state index >= 15 is 0 Å². The predicted molar refractivity (Wildman–Crippen MR) is 85.0 cm³/mol. The van der Waals surface area contributed by atoms with Gasteiger partial charge in [0.1, 0.15) is 6.54 Å². The molecule has 108 valence electrons. The lowest BCUT2D eigenvalue weighted by Crippen LogP contribution is -2.20. The molecule has 21 heavy (non-hydrogen) atoms. The van der Waals surface area contributed by atoms with Crippen molar-refractivity contribution < 1.29 is 4.79 Å². The highest BCUT2D eigenvalue weighted by molar-refractivity contribution is 7.22. The van der Waals surface area contributed by atoms with Gasteiger partial charge in [0.25, 0.3) is 0 Å².